The molecular formula is C21H23FN2S. The highest BCUT2D eigenvalue weighted by atomic mass is 32.1. The number of hydrogen-bond acceptors (Lipinski definition) is 2. The summed E-state index contributed by atoms with van der Waals surface area (Å²) < 4.78 is 13.1. The number of nitrogens with zero attached hydrogens (tertiary/aromatic N) is 1. The van der Waals surface area contributed by atoms with Gasteiger partial charge in [0.1, 0.15) is 10.8 Å². The monoisotopic (exact) mass is 354 g/mol. The summed E-state index contributed by atoms with van der Waals surface area (Å²) in [5, 5.41) is 3.37. The van der Waals surface area contributed by atoms with Crippen LogP contribution >= 0.6 is 12.2 Å². The van der Waals surface area contributed by atoms with E-state index in [1.165, 1.54) is 18.5 Å². The fraction of sp³-hybridized carbons (Fsp3) is 0.381. The molecule has 4 heteroatoms. The lowest BCUT2D eigenvalue weighted by atomic mass is 9.64. The van der Waals surface area contributed by atoms with Crippen molar-refractivity contribution in [3.63, 3.8) is 0 Å². The Morgan fingerprint density at radius 1 is 1.08 bits per heavy atom. The van der Waals surface area contributed by atoms with Crippen molar-refractivity contribution in [1.29, 1.82) is 0 Å². The molecule has 2 aromatic rings. The number of benzene rings is 2. The highest BCUT2D eigenvalue weighted by Gasteiger charge is 2.47. The Balaban J connectivity index is 1.25. The first-order valence-electron chi connectivity index (χ1n) is 9.02. The molecule has 2 nitrogen and oxygen atoms in total. The summed E-state index contributed by atoms with van der Waals surface area (Å²) in [5.41, 5.74) is 2.38. The summed E-state index contributed by atoms with van der Waals surface area (Å²) in [6, 6.07) is 17.2. The summed E-state index contributed by atoms with van der Waals surface area (Å²) >= 11 is 5.45. The Bertz CT molecular complexity index is 731. The molecule has 2 aliphatic rings. The Kier molecular flexibility index (Phi) is 4.82. The molecule has 1 saturated carbocycles. The van der Waals surface area contributed by atoms with Crippen molar-refractivity contribution in [1.82, 2.24) is 10.2 Å². The zero-order chi connectivity index (χ0) is 17.2. The van der Waals surface area contributed by atoms with Gasteiger partial charge in [-0.15, -0.1) is 0 Å². The fourth-order valence-electron chi connectivity index (χ4n) is 4.29. The van der Waals surface area contributed by atoms with Gasteiger partial charge in [-0.25, -0.2) is 4.39 Å². The third-order valence-corrected chi connectivity index (χ3v) is 6.07. The zero-order valence-corrected chi connectivity index (χ0v) is 15.0. The van der Waals surface area contributed by atoms with Crippen molar-refractivity contribution < 1.29 is 4.39 Å². The van der Waals surface area contributed by atoms with Crippen LogP contribution in [0.1, 0.15) is 23.5 Å². The summed E-state index contributed by atoms with van der Waals surface area (Å²) in [6.45, 7) is 4.24. The molecule has 1 aliphatic heterocycles. The van der Waals surface area contributed by atoms with Crippen LogP contribution in [0.2, 0.25) is 0 Å². The molecule has 4 rings (SSSR count). The van der Waals surface area contributed by atoms with Gasteiger partial charge < -0.3 is 10.2 Å². The molecule has 1 heterocycles. The molecule has 1 saturated heterocycles. The molecule has 1 aliphatic carbocycles. The van der Waals surface area contributed by atoms with Crippen molar-refractivity contribution in [2.24, 2.45) is 11.8 Å². The average Bonchev–Trinajstić information content (AvgIpc) is 2.94. The van der Waals surface area contributed by atoms with Gasteiger partial charge in [0.25, 0.3) is 0 Å². The topological polar surface area (TPSA) is 15.3 Å². The van der Waals surface area contributed by atoms with E-state index in [9.17, 15) is 4.39 Å². The number of likely N-dealkylation sites (tertiary alicyclic amines) is 1. The lowest BCUT2D eigenvalue weighted by Gasteiger charge is -2.40. The maximum absolute atomic E-state index is 13.1. The lowest BCUT2D eigenvalue weighted by molar-refractivity contribution is 0.191. The van der Waals surface area contributed by atoms with Crippen LogP contribution in [-0.2, 0) is 0 Å². The number of nitrogens with one attached hydrogen (secondary N) is 1. The van der Waals surface area contributed by atoms with Crippen LogP contribution in [0, 0.1) is 17.7 Å². The standard InChI is InChI=1S/C21H23FN2S/c22-18-8-6-15(7-9-18)19-12-17-13-24(14-20(17)19)11-10-23-21(25)16-4-2-1-3-5-16/h1-9,17,19-20H,10-14H2,(H,23,25). The fourth-order valence-corrected chi connectivity index (χ4v) is 4.53. The smallest absolute Gasteiger partial charge is 0.123 e. The second-order valence-corrected chi connectivity index (χ2v) is 7.61. The Labute approximate surface area is 154 Å². The zero-order valence-electron chi connectivity index (χ0n) is 14.2. The number of rotatable bonds is 5. The molecule has 2 aromatic carbocycles. The summed E-state index contributed by atoms with van der Waals surface area (Å²) in [4.78, 5) is 3.37. The first-order valence-corrected chi connectivity index (χ1v) is 9.42. The molecule has 1 N–H and O–H groups in total. The van der Waals surface area contributed by atoms with Gasteiger partial charge in [0.2, 0.25) is 0 Å². The van der Waals surface area contributed by atoms with Gasteiger partial charge in [-0.05, 0) is 41.9 Å². The van der Waals surface area contributed by atoms with Gasteiger partial charge in [-0.1, -0.05) is 54.7 Å². The van der Waals surface area contributed by atoms with Gasteiger partial charge in [0.15, 0.2) is 0 Å². The van der Waals surface area contributed by atoms with Crippen LogP contribution in [-0.4, -0.2) is 36.1 Å². The maximum atomic E-state index is 13.1. The van der Waals surface area contributed by atoms with Crippen molar-refractivity contribution in [3.8, 4) is 0 Å². The van der Waals surface area contributed by atoms with Gasteiger partial charge in [0.05, 0.1) is 0 Å². The summed E-state index contributed by atoms with van der Waals surface area (Å²) in [5.74, 6) is 1.99. The highest BCUT2D eigenvalue weighted by Crippen LogP contribution is 2.51. The van der Waals surface area contributed by atoms with E-state index < -0.39 is 0 Å². The van der Waals surface area contributed by atoms with Crippen LogP contribution in [0.4, 0.5) is 4.39 Å². The van der Waals surface area contributed by atoms with E-state index in [2.05, 4.69) is 10.2 Å². The molecule has 0 radical (unpaired) electrons. The van der Waals surface area contributed by atoms with E-state index in [1.54, 1.807) is 12.1 Å². The summed E-state index contributed by atoms with van der Waals surface area (Å²) in [6.07, 6.45) is 1.24. The Hall–Kier alpha value is -1.78. The predicted molar refractivity (Wildman–Crippen MR) is 103 cm³/mol. The van der Waals surface area contributed by atoms with Crippen LogP contribution in [0.5, 0.6) is 0 Å². The molecule has 25 heavy (non-hydrogen) atoms. The first kappa shape index (κ1) is 16.7. The van der Waals surface area contributed by atoms with E-state index in [0.717, 1.165) is 42.0 Å². The van der Waals surface area contributed by atoms with Crippen LogP contribution in [0.25, 0.3) is 0 Å². The Morgan fingerprint density at radius 2 is 1.84 bits per heavy atom. The van der Waals surface area contributed by atoms with Crippen molar-refractivity contribution in [2.75, 3.05) is 26.2 Å². The molecule has 0 aromatic heterocycles. The number of fused-ring (bicyclic) bond motifs is 1. The second kappa shape index (κ2) is 7.22. The third kappa shape index (κ3) is 3.60. The largest absolute Gasteiger partial charge is 0.375 e. The average molecular weight is 354 g/mol. The van der Waals surface area contributed by atoms with Crippen LogP contribution in [0.15, 0.2) is 54.6 Å². The van der Waals surface area contributed by atoms with Gasteiger partial charge in [0, 0.05) is 31.7 Å². The molecule has 2 fully saturated rings. The molecule has 0 bridgehead atoms. The van der Waals surface area contributed by atoms with Crippen molar-refractivity contribution in [2.45, 2.75) is 12.3 Å². The number of halogens is 1. The molecular weight excluding hydrogens is 331 g/mol. The van der Waals surface area contributed by atoms with E-state index in [0.29, 0.717) is 5.92 Å². The second-order valence-electron chi connectivity index (χ2n) is 7.20. The summed E-state index contributed by atoms with van der Waals surface area (Å²) in [7, 11) is 0. The van der Waals surface area contributed by atoms with E-state index in [-0.39, 0.29) is 5.82 Å². The van der Waals surface area contributed by atoms with E-state index in [1.807, 2.05) is 42.5 Å². The molecule has 3 unspecified atom stereocenters. The van der Waals surface area contributed by atoms with Gasteiger partial charge >= 0.3 is 0 Å². The van der Waals surface area contributed by atoms with Crippen LogP contribution < -0.4 is 5.32 Å². The molecule has 3 atom stereocenters. The Morgan fingerprint density at radius 3 is 2.60 bits per heavy atom. The van der Waals surface area contributed by atoms with Crippen LogP contribution in [0.3, 0.4) is 0 Å². The number of hydrogen-bond donors (Lipinski definition) is 1. The van der Waals surface area contributed by atoms with Gasteiger partial charge in [-0.2, -0.15) is 0 Å². The minimum Gasteiger partial charge on any atom is -0.375 e. The molecule has 130 valence electrons. The lowest BCUT2D eigenvalue weighted by Crippen LogP contribution is -2.34. The first-order chi connectivity index (χ1) is 12.2. The number of thiocarbonyl (C=S) groups is 1. The van der Waals surface area contributed by atoms with Crippen molar-refractivity contribution in [3.05, 3.63) is 71.5 Å². The van der Waals surface area contributed by atoms with E-state index >= 15 is 0 Å². The van der Waals surface area contributed by atoms with E-state index in [4.69, 9.17) is 12.2 Å². The third-order valence-electron chi connectivity index (χ3n) is 5.69. The van der Waals surface area contributed by atoms with Gasteiger partial charge in [-0.3, -0.25) is 0 Å². The highest BCUT2D eigenvalue weighted by molar-refractivity contribution is 7.80. The molecule has 0 spiro atoms. The SMILES string of the molecule is Fc1ccc(C2CC3CN(CCNC(=S)c4ccccc4)CC32)cc1. The predicted octanol–water partition coefficient (Wildman–Crippen LogP) is 3.83. The van der Waals surface area contributed by atoms with Crippen molar-refractivity contribution >= 4 is 17.2 Å². The maximum Gasteiger partial charge on any atom is 0.123 e. The minimum atomic E-state index is -0.145. The normalized spacial score (nSPS) is 25.2. The minimum absolute atomic E-state index is 0.145. The molecule has 0 amide bonds. The quantitative estimate of drug-likeness (QED) is 0.822.